The molecule has 0 unspecified atom stereocenters. The minimum atomic E-state index is -3.52. The number of nitrogens with zero attached hydrogens (tertiary/aromatic N) is 1. The predicted octanol–water partition coefficient (Wildman–Crippen LogP) is 3.62. The Morgan fingerprint density at radius 3 is 2.58 bits per heavy atom. The van der Waals surface area contributed by atoms with E-state index in [1.165, 1.54) is 23.5 Å². The summed E-state index contributed by atoms with van der Waals surface area (Å²) in [6, 6.07) is 11.1. The van der Waals surface area contributed by atoms with Crippen LogP contribution in [-0.2, 0) is 16.6 Å². The first kappa shape index (κ1) is 18.7. The van der Waals surface area contributed by atoms with Gasteiger partial charge in [0.2, 0.25) is 10.0 Å². The van der Waals surface area contributed by atoms with Crippen molar-refractivity contribution in [1.82, 2.24) is 4.31 Å². The third kappa shape index (κ3) is 4.16. The van der Waals surface area contributed by atoms with Crippen LogP contribution in [0.5, 0.6) is 5.75 Å². The van der Waals surface area contributed by atoms with Gasteiger partial charge in [-0.3, -0.25) is 0 Å². The minimum absolute atomic E-state index is 0.238. The number of hydrogen-bond acceptors (Lipinski definition) is 4. The largest absolute Gasteiger partial charge is 0.495 e. The van der Waals surface area contributed by atoms with E-state index in [1.807, 2.05) is 0 Å². The molecule has 3 rings (SSSR count). The molecule has 1 N–H and O–H groups in total. The summed E-state index contributed by atoms with van der Waals surface area (Å²) in [5, 5.41) is 3.15. The quantitative estimate of drug-likeness (QED) is 0.834. The number of halogens is 1. The fraction of sp³-hybridized carbons (Fsp3) is 0.368. The predicted molar refractivity (Wildman–Crippen MR) is 99.3 cm³/mol. The molecule has 7 heteroatoms. The summed E-state index contributed by atoms with van der Waals surface area (Å²) >= 11 is 0. The van der Waals surface area contributed by atoms with Crippen LogP contribution in [0.2, 0.25) is 0 Å². The van der Waals surface area contributed by atoms with E-state index in [0.29, 0.717) is 31.1 Å². The zero-order valence-electron chi connectivity index (χ0n) is 14.7. The third-order valence-corrected chi connectivity index (χ3v) is 6.39. The number of anilines is 1. The summed E-state index contributed by atoms with van der Waals surface area (Å²) in [6.45, 7) is 1.47. The third-order valence-electron chi connectivity index (χ3n) is 4.50. The zero-order valence-corrected chi connectivity index (χ0v) is 15.6. The minimum Gasteiger partial charge on any atom is -0.495 e. The van der Waals surface area contributed by atoms with E-state index in [2.05, 4.69) is 5.32 Å². The summed E-state index contributed by atoms with van der Waals surface area (Å²) in [5.41, 5.74) is 1.33. The number of methoxy groups -OCH3 is 1. The van der Waals surface area contributed by atoms with Crippen molar-refractivity contribution in [1.29, 1.82) is 0 Å². The van der Waals surface area contributed by atoms with Crippen molar-refractivity contribution in [2.75, 3.05) is 25.5 Å². The summed E-state index contributed by atoms with van der Waals surface area (Å²) < 4.78 is 45.9. The molecule has 26 heavy (non-hydrogen) atoms. The van der Waals surface area contributed by atoms with Crippen LogP contribution in [0, 0.1) is 5.82 Å². The summed E-state index contributed by atoms with van der Waals surface area (Å²) in [6.07, 6.45) is 2.84. The summed E-state index contributed by atoms with van der Waals surface area (Å²) in [7, 11) is -1.99. The standard InChI is InChI=1S/C19H23FN2O3S/c1-25-19-9-8-17(26(23,24)22-10-3-2-4-11-22)13-18(19)21-14-15-6-5-7-16(20)12-15/h5-9,12-13,21H,2-4,10-11,14H2,1H3. The van der Waals surface area contributed by atoms with Crippen LogP contribution in [0.3, 0.4) is 0 Å². The lowest BCUT2D eigenvalue weighted by Crippen LogP contribution is -2.35. The van der Waals surface area contributed by atoms with Crippen molar-refractivity contribution in [3.8, 4) is 5.75 Å². The van der Waals surface area contributed by atoms with Crippen LogP contribution in [0.4, 0.5) is 10.1 Å². The maximum atomic E-state index is 13.3. The number of rotatable bonds is 6. The molecule has 2 aromatic rings. The van der Waals surface area contributed by atoms with Crippen LogP contribution < -0.4 is 10.1 Å². The highest BCUT2D eigenvalue weighted by atomic mass is 32.2. The molecule has 140 valence electrons. The van der Waals surface area contributed by atoms with Crippen molar-refractivity contribution in [3.63, 3.8) is 0 Å². The van der Waals surface area contributed by atoms with Gasteiger partial charge in [-0.05, 0) is 48.7 Å². The van der Waals surface area contributed by atoms with E-state index in [9.17, 15) is 12.8 Å². The number of nitrogens with one attached hydrogen (secondary N) is 1. The molecule has 1 heterocycles. The molecule has 0 spiro atoms. The van der Waals surface area contributed by atoms with Crippen molar-refractivity contribution >= 4 is 15.7 Å². The normalized spacial score (nSPS) is 15.6. The molecule has 0 aliphatic carbocycles. The monoisotopic (exact) mass is 378 g/mol. The molecule has 0 atom stereocenters. The van der Waals surface area contributed by atoms with Gasteiger partial charge in [0.05, 0.1) is 17.7 Å². The summed E-state index contributed by atoms with van der Waals surface area (Å²) in [5.74, 6) is 0.233. The number of hydrogen-bond donors (Lipinski definition) is 1. The van der Waals surface area contributed by atoms with Crippen molar-refractivity contribution in [3.05, 3.63) is 53.8 Å². The van der Waals surface area contributed by atoms with Gasteiger partial charge in [-0.15, -0.1) is 0 Å². The molecule has 0 aromatic heterocycles. The molecule has 1 saturated heterocycles. The second-order valence-corrected chi connectivity index (χ2v) is 8.25. The lowest BCUT2D eigenvalue weighted by Gasteiger charge is -2.26. The fourth-order valence-corrected chi connectivity index (χ4v) is 4.63. The Hall–Kier alpha value is -2.12. The lowest BCUT2D eigenvalue weighted by atomic mass is 10.2. The Morgan fingerprint density at radius 2 is 1.88 bits per heavy atom. The Labute approximate surface area is 153 Å². The zero-order chi connectivity index (χ0) is 18.6. The van der Waals surface area contributed by atoms with Crippen LogP contribution >= 0.6 is 0 Å². The van der Waals surface area contributed by atoms with Gasteiger partial charge in [0.1, 0.15) is 11.6 Å². The molecule has 5 nitrogen and oxygen atoms in total. The van der Waals surface area contributed by atoms with Crippen LogP contribution in [0.1, 0.15) is 24.8 Å². The van der Waals surface area contributed by atoms with E-state index < -0.39 is 10.0 Å². The molecule has 1 aliphatic rings. The Bertz CT molecular complexity index is 865. The first-order valence-electron chi connectivity index (χ1n) is 8.67. The molecule has 0 saturated carbocycles. The second-order valence-electron chi connectivity index (χ2n) is 6.31. The molecular weight excluding hydrogens is 355 g/mol. The van der Waals surface area contributed by atoms with Crippen molar-refractivity contribution in [2.24, 2.45) is 0 Å². The molecule has 0 radical (unpaired) electrons. The van der Waals surface area contributed by atoms with E-state index in [4.69, 9.17) is 4.74 Å². The van der Waals surface area contributed by atoms with Crippen LogP contribution in [-0.4, -0.2) is 32.9 Å². The maximum absolute atomic E-state index is 13.3. The summed E-state index contributed by atoms with van der Waals surface area (Å²) in [4.78, 5) is 0.238. The Morgan fingerprint density at radius 1 is 1.12 bits per heavy atom. The molecule has 1 fully saturated rings. The fourth-order valence-electron chi connectivity index (χ4n) is 3.08. The average molecular weight is 378 g/mol. The topological polar surface area (TPSA) is 58.6 Å². The van der Waals surface area contributed by atoms with Gasteiger partial charge in [0, 0.05) is 19.6 Å². The van der Waals surface area contributed by atoms with Gasteiger partial charge >= 0.3 is 0 Å². The molecule has 0 bridgehead atoms. The van der Waals surface area contributed by atoms with Crippen molar-refractivity contribution < 1.29 is 17.5 Å². The number of piperidine rings is 1. The van der Waals surface area contributed by atoms with Gasteiger partial charge in [-0.1, -0.05) is 18.6 Å². The number of sulfonamides is 1. The molecule has 2 aromatic carbocycles. The molecule has 1 aliphatic heterocycles. The first-order valence-corrected chi connectivity index (χ1v) is 10.1. The van der Waals surface area contributed by atoms with Crippen LogP contribution in [0.25, 0.3) is 0 Å². The van der Waals surface area contributed by atoms with E-state index in [-0.39, 0.29) is 10.7 Å². The maximum Gasteiger partial charge on any atom is 0.243 e. The Balaban J connectivity index is 1.84. The molecule has 0 amide bonds. The highest BCUT2D eigenvalue weighted by Crippen LogP contribution is 2.30. The smallest absolute Gasteiger partial charge is 0.243 e. The second kappa shape index (κ2) is 8.05. The lowest BCUT2D eigenvalue weighted by molar-refractivity contribution is 0.346. The van der Waals surface area contributed by atoms with Gasteiger partial charge in [-0.25, -0.2) is 12.8 Å². The van der Waals surface area contributed by atoms with Crippen LogP contribution in [0.15, 0.2) is 47.4 Å². The Kier molecular flexibility index (Phi) is 5.78. The SMILES string of the molecule is COc1ccc(S(=O)(=O)N2CCCCC2)cc1NCc1cccc(F)c1. The first-order chi connectivity index (χ1) is 12.5. The van der Waals surface area contributed by atoms with Gasteiger partial charge in [0.25, 0.3) is 0 Å². The van der Waals surface area contributed by atoms with Gasteiger partial charge < -0.3 is 10.1 Å². The van der Waals surface area contributed by atoms with E-state index >= 15 is 0 Å². The van der Waals surface area contributed by atoms with E-state index in [0.717, 1.165) is 24.8 Å². The highest BCUT2D eigenvalue weighted by molar-refractivity contribution is 7.89. The van der Waals surface area contributed by atoms with Crippen molar-refractivity contribution in [2.45, 2.75) is 30.7 Å². The van der Waals surface area contributed by atoms with Gasteiger partial charge in [-0.2, -0.15) is 4.31 Å². The number of ether oxygens (including phenoxy) is 1. The highest BCUT2D eigenvalue weighted by Gasteiger charge is 2.26. The van der Waals surface area contributed by atoms with E-state index in [1.54, 1.807) is 30.3 Å². The average Bonchev–Trinajstić information content (AvgIpc) is 2.67. The molecular formula is C19H23FN2O3S. The number of benzene rings is 2. The van der Waals surface area contributed by atoms with Gasteiger partial charge in [0.15, 0.2) is 0 Å².